The van der Waals surface area contributed by atoms with E-state index in [1.165, 1.54) is 6.07 Å². The molecular weight excluding hydrogens is 290 g/mol. The summed E-state index contributed by atoms with van der Waals surface area (Å²) in [5.74, 6) is 0.351. The number of rotatable bonds is 6. The highest BCUT2D eigenvalue weighted by atomic mass is 32.2. The second kappa shape index (κ2) is 6.21. The number of primary sulfonamides is 1. The van der Waals surface area contributed by atoms with Crippen molar-refractivity contribution in [1.29, 1.82) is 0 Å². The lowest BCUT2D eigenvalue weighted by Crippen LogP contribution is -2.35. The zero-order valence-corrected chi connectivity index (χ0v) is 13.8. The molecule has 0 radical (unpaired) electrons. The normalized spacial score (nSPS) is 15.0. The lowest BCUT2D eigenvalue weighted by Gasteiger charge is -2.27. The van der Waals surface area contributed by atoms with Gasteiger partial charge in [-0.15, -0.1) is 0 Å². The summed E-state index contributed by atoms with van der Waals surface area (Å²) in [5, 5.41) is 18.5. The largest absolute Gasteiger partial charge is 0.399 e. The Morgan fingerprint density at radius 3 is 2.43 bits per heavy atom. The molecule has 0 saturated heterocycles. The Bertz CT molecular complexity index is 610. The van der Waals surface area contributed by atoms with Gasteiger partial charge in [-0.3, -0.25) is 0 Å². The van der Waals surface area contributed by atoms with Gasteiger partial charge in [-0.25, -0.2) is 13.6 Å². The fraction of sp³-hybridized carbons (Fsp3) is 0.571. The Labute approximate surface area is 126 Å². The van der Waals surface area contributed by atoms with Crippen LogP contribution in [0.15, 0.2) is 17.0 Å². The number of benzene rings is 1. The molecule has 0 fully saturated rings. The molecule has 0 spiro atoms. The molecule has 1 atom stereocenters. The van der Waals surface area contributed by atoms with Crippen LogP contribution in [-0.2, 0) is 10.0 Å². The van der Waals surface area contributed by atoms with Crippen LogP contribution in [0.3, 0.4) is 0 Å². The molecule has 0 heterocycles. The Balaban J connectivity index is 3.03. The maximum atomic E-state index is 11.5. The van der Waals surface area contributed by atoms with Gasteiger partial charge in [-0.2, -0.15) is 0 Å². The molecule has 0 aliphatic carbocycles. The van der Waals surface area contributed by atoms with Gasteiger partial charge in [0.15, 0.2) is 0 Å². The molecule has 1 rings (SSSR count). The van der Waals surface area contributed by atoms with Crippen LogP contribution in [-0.4, -0.2) is 25.7 Å². The Morgan fingerprint density at radius 2 is 1.95 bits per heavy atom. The van der Waals surface area contributed by atoms with E-state index in [0.29, 0.717) is 35.8 Å². The van der Waals surface area contributed by atoms with Gasteiger partial charge < -0.3 is 16.2 Å². The topological polar surface area (TPSA) is 118 Å². The van der Waals surface area contributed by atoms with Crippen molar-refractivity contribution >= 4 is 21.4 Å². The summed E-state index contributed by atoms with van der Waals surface area (Å²) < 4.78 is 23.1. The highest BCUT2D eigenvalue weighted by Gasteiger charge is 2.23. The van der Waals surface area contributed by atoms with Crippen LogP contribution in [0.4, 0.5) is 11.4 Å². The quantitative estimate of drug-likeness (QED) is 0.592. The summed E-state index contributed by atoms with van der Waals surface area (Å²) in [6.45, 7) is 7.74. The highest BCUT2D eigenvalue weighted by Crippen LogP contribution is 2.27. The van der Waals surface area contributed by atoms with Crippen LogP contribution in [0.25, 0.3) is 0 Å². The second-order valence-corrected chi connectivity index (χ2v) is 7.71. The molecule has 7 heteroatoms. The van der Waals surface area contributed by atoms with Crippen LogP contribution in [0.1, 0.15) is 32.8 Å². The molecule has 0 saturated carbocycles. The lowest BCUT2D eigenvalue weighted by molar-refractivity contribution is 0.0515. The Morgan fingerprint density at radius 1 is 1.38 bits per heavy atom. The third-order valence-corrected chi connectivity index (χ3v) is 4.23. The van der Waals surface area contributed by atoms with Crippen molar-refractivity contribution in [2.45, 2.75) is 44.6 Å². The van der Waals surface area contributed by atoms with Gasteiger partial charge in [-0.05, 0) is 43.9 Å². The van der Waals surface area contributed by atoms with Gasteiger partial charge in [0.2, 0.25) is 10.0 Å². The van der Waals surface area contributed by atoms with Crippen LogP contribution in [0.2, 0.25) is 0 Å². The van der Waals surface area contributed by atoms with Gasteiger partial charge in [0.05, 0.1) is 10.5 Å². The standard InChI is InChI=1S/C14H25N3O3S/c1-9(2)7-14(4,18)8-17-12-5-11(15)6-13(10(12)3)21(16,19)20/h5-6,9,17-18H,7-8,15H2,1-4H3,(H2,16,19,20). The zero-order valence-electron chi connectivity index (χ0n) is 13.0. The summed E-state index contributed by atoms with van der Waals surface area (Å²) in [5.41, 5.74) is 6.18. The fourth-order valence-corrected chi connectivity index (χ4v) is 3.26. The molecule has 6 nitrogen and oxygen atoms in total. The minimum Gasteiger partial charge on any atom is -0.399 e. The molecule has 1 aromatic carbocycles. The molecule has 0 amide bonds. The first-order valence-electron chi connectivity index (χ1n) is 6.81. The number of hydrogen-bond donors (Lipinski definition) is 4. The van der Waals surface area contributed by atoms with Crippen molar-refractivity contribution in [2.24, 2.45) is 11.1 Å². The third-order valence-electron chi connectivity index (χ3n) is 3.20. The minimum absolute atomic E-state index is 0.00602. The van der Waals surface area contributed by atoms with E-state index in [2.05, 4.69) is 5.32 Å². The zero-order chi connectivity index (χ0) is 16.4. The summed E-state index contributed by atoms with van der Waals surface area (Å²) in [7, 11) is -3.83. The van der Waals surface area contributed by atoms with Crippen molar-refractivity contribution in [3.05, 3.63) is 17.7 Å². The molecule has 6 N–H and O–H groups in total. The van der Waals surface area contributed by atoms with Crippen molar-refractivity contribution in [3.8, 4) is 0 Å². The van der Waals surface area contributed by atoms with Crippen molar-refractivity contribution in [2.75, 3.05) is 17.6 Å². The van der Waals surface area contributed by atoms with E-state index >= 15 is 0 Å². The highest BCUT2D eigenvalue weighted by molar-refractivity contribution is 7.89. The average Bonchev–Trinajstić information content (AvgIpc) is 2.26. The summed E-state index contributed by atoms with van der Waals surface area (Å²) in [6.07, 6.45) is 0.628. The summed E-state index contributed by atoms with van der Waals surface area (Å²) >= 11 is 0. The average molecular weight is 315 g/mol. The molecule has 0 aromatic heterocycles. The monoisotopic (exact) mass is 315 g/mol. The van der Waals surface area contributed by atoms with Gasteiger partial charge in [-0.1, -0.05) is 13.8 Å². The molecule has 0 bridgehead atoms. The first-order chi connectivity index (χ1) is 9.42. The lowest BCUT2D eigenvalue weighted by atomic mass is 9.94. The smallest absolute Gasteiger partial charge is 0.238 e. The van der Waals surface area contributed by atoms with E-state index in [1.54, 1.807) is 19.9 Å². The van der Waals surface area contributed by atoms with E-state index in [0.717, 1.165) is 0 Å². The molecule has 1 unspecified atom stereocenters. The second-order valence-electron chi connectivity index (χ2n) is 6.19. The number of nitrogens with two attached hydrogens (primary N) is 2. The number of nitrogen functional groups attached to an aromatic ring is 1. The molecule has 120 valence electrons. The third kappa shape index (κ3) is 5.18. The molecule has 21 heavy (non-hydrogen) atoms. The van der Waals surface area contributed by atoms with E-state index in [-0.39, 0.29) is 4.90 Å². The molecule has 0 aliphatic rings. The Kier molecular flexibility index (Phi) is 5.25. The van der Waals surface area contributed by atoms with Gasteiger partial charge in [0, 0.05) is 17.9 Å². The van der Waals surface area contributed by atoms with Crippen LogP contribution < -0.4 is 16.2 Å². The first-order valence-corrected chi connectivity index (χ1v) is 8.36. The van der Waals surface area contributed by atoms with E-state index in [4.69, 9.17) is 10.9 Å². The van der Waals surface area contributed by atoms with Gasteiger partial charge in [0.25, 0.3) is 0 Å². The predicted molar refractivity (Wildman–Crippen MR) is 85.5 cm³/mol. The van der Waals surface area contributed by atoms with E-state index in [9.17, 15) is 13.5 Å². The van der Waals surface area contributed by atoms with Crippen molar-refractivity contribution in [3.63, 3.8) is 0 Å². The fourth-order valence-electron chi connectivity index (χ4n) is 2.43. The minimum atomic E-state index is -3.83. The van der Waals surface area contributed by atoms with Crippen molar-refractivity contribution in [1.82, 2.24) is 0 Å². The molecule has 0 aliphatic heterocycles. The van der Waals surface area contributed by atoms with E-state index < -0.39 is 15.6 Å². The predicted octanol–water partition coefficient (Wildman–Crippen LogP) is 1.43. The Hall–Kier alpha value is -1.31. The van der Waals surface area contributed by atoms with Crippen molar-refractivity contribution < 1.29 is 13.5 Å². The maximum absolute atomic E-state index is 11.5. The van der Waals surface area contributed by atoms with Gasteiger partial charge >= 0.3 is 0 Å². The van der Waals surface area contributed by atoms with Crippen LogP contribution in [0, 0.1) is 12.8 Å². The number of nitrogens with one attached hydrogen (secondary N) is 1. The number of aliphatic hydroxyl groups is 1. The molecular formula is C14H25N3O3S. The molecule has 1 aromatic rings. The van der Waals surface area contributed by atoms with Crippen LogP contribution in [0.5, 0.6) is 0 Å². The number of sulfonamides is 1. The summed E-state index contributed by atoms with van der Waals surface area (Å²) in [4.78, 5) is -0.00602. The number of anilines is 2. The van der Waals surface area contributed by atoms with Gasteiger partial charge in [0.1, 0.15) is 0 Å². The first kappa shape index (κ1) is 17.7. The van der Waals surface area contributed by atoms with Crippen LogP contribution >= 0.6 is 0 Å². The number of hydrogen-bond acceptors (Lipinski definition) is 5. The summed E-state index contributed by atoms with van der Waals surface area (Å²) in [6, 6.07) is 2.97. The van der Waals surface area contributed by atoms with E-state index in [1.807, 2.05) is 13.8 Å². The SMILES string of the molecule is Cc1c(NCC(C)(O)CC(C)C)cc(N)cc1S(N)(=O)=O. The maximum Gasteiger partial charge on any atom is 0.238 e.